The Morgan fingerprint density at radius 1 is 1.19 bits per heavy atom. The molecule has 2 unspecified atom stereocenters. The van der Waals surface area contributed by atoms with Gasteiger partial charge in [-0.15, -0.1) is 0 Å². The van der Waals surface area contributed by atoms with Crippen LogP contribution in [-0.4, -0.2) is 29.6 Å². The van der Waals surface area contributed by atoms with Crippen molar-refractivity contribution in [1.29, 1.82) is 0 Å². The first-order valence-electron chi connectivity index (χ1n) is 8.69. The molecule has 1 saturated heterocycles. The van der Waals surface area contributed by atoms with E-state index in [0.29, 0.717) is 5.54 Å². The Morgan fingerprint density at radius 3 is 2.62 bits per heavy atom. The van der Waals surface area contributed by atoms with Crippen molar-refractivity contribution in [3.8, 4) is 0 Å². The smallest absolute Gasteiger partial charge is 0.0309 e. The molecule has 0 radical (unpaired) electrons. The Morgan fingerprint density at radius 2 is 1.95 bits per heavy atom. The maximum atomic E-state index is 3.92. The normalized spacial score (nSPS) is 34.1. The molecule has 2 heteroatoms. The number of nitrogens with one attached hydrogen (secondary N) is 1. The summed E-state index contributed by atoms with van der Waals surface area (Å²) in [7, 11) is 0. The lowest BCUT2D eigenvalue weighted by atomic mass is 9.89. The van der Waals surface area contributed by atoms with Crippen LogP contribution in [0.1, 0.15) is 43.7 Å². The minimum atomic E-state index is 0.355. The van der Waals surface area contributed by atoms with Crippen molar-refractivity contribution in [3.63, 3.8) is 0 Å². The minimum absolute atomic E-state index is 0.355. The van der Waals surface area contributed by atoms with Gasteiger partial charge < -0.3 is 5.32 Å². The monoisotopic (exact) mass is 284 g/mol. The molecule has 1 aromatic carbocycles. The summed E-state index contributed by atoms with van der Waals surface area (Å²) in [6.07, 6.45) is 5.74. The van der Waals surface area contributed by atoms with E-state index in [1.54, 1.807) is 0 Å². The predicted octanol–water partition coefficient (Wildman–Crippen LogP) is 3.35. The summed E-state index contributed by atoms with van der Waals surface area (Å²) in [6, 6.07) is 9.68. The topological polar surface area (TPSA) is 15.3 Å². The predicted molar refractivity (Wildman–Crippen MR) is 87.2 cm³/mol. The molecule has 4 rings (SSSR count). The molecule has 1 heterocycles. The number of hydrogen-bond donors (Lipinski definition) is 1. The first-order valence-corrected chi connectivity index (χ1v) is 8.69. The second-order valence-electron chi connectivity index (χ2n) is 7.81. The van der Waals surface area contributed by atoms with Gasteiger partial charge in [0.1, 0.15) is 0 Å². The molecule has 21 heavy (non-hydrogen) atoms. The van der Waals surface area contributed by atoms with Crippen molar-refractivity contribution < 1.29 is 0 Å². The van der Waals surface area contributed by atoms with E-state index in [9.17, 15) is 0 Å². The van der Waals surface area contributed by atoms with E-state index in [1.165, 1.54) is 49.9 Å². The highest BCUT2D eigenvalue weighted by Crippen LogP contribution is 2.44. The van der Waals surface area contributed by atoms with Gasteiger partial charge in [-0.1, -0.05) is 24.3 Å². The number of piperazine rings is 1. The Labute approximate surface area is 128 Å². The van der Waals surface area contributed by atoms with Gasteiger partial charge in [-0.25, -0.2) is 0 Å². The zero-order chi connectivity index (χ0) is 14.4. The molecule has 114 valence electrons. The molecule has 1 aliphatic heterocycles. The van der Waals surface area contributed by atoms with Gasteiger partial charge >= 0.3 is 0 Å². The molecule has 2 nitrogen and oxygen atoms in total. The van der Waals surface area contributed by atoms with E-state index in [2.05, 4.69) is 48.3 Å². The number of benzene rings is 1. The molecule has 0 amide bonds. The number of rotatable bonds is 4. The van der Waals surface area contributed by atoms with Crippen LogP contribution in [0.15, 0.2) is 24.3 Å². The standard InChI is InChI=1S/C19H28N2/c1-14-5-3-4-6-16(14)12-21-13-19(2,17-9-10-17)20-11-18(21)15-7-8-15/h3-6,15,17-18,20H,7-13H2,1-2H3. The van der Waals surface area contributed by atoms with E-state index < -0.39 is 0 Å². The molecule has 2 saturated carbocycles. The van der Waals surface area contributed by atoms with Crippen LogP contribution in [0, 0.1) is 18.8 Å². The summed E-state index contributed by atoms with van der Waals surface area (Å²) in [6.45, 7) is 8.27. The van der Waals surface area contributed by atoms with E-state index in [0.717, 1.165) is 24.4 Å². The van der Waals surface area contributed by atoms with Gasteiger partial charge in [-0.3, -0.25) is 4.90 Å². The molecular weight excluding hydrogens is 256 g/mol. The summed E-state index contributed by atoms with van der Waals surface area (Å²) >= 11 is 0. The summed E-state index contributed by atoms with van der Waals surface area (Å²) in [5.41, 5.74) is 3.32. The SMILES string of the molecule is Cc1ccccc1CN1CC(C)(C2CC2)NCC1C1CC1. The Hall–Kier alpha value is -0.860. The van der Waals surface area contributed by atoms with E-state index in [1.807, 2.05) is 0 Å². The van der Waals surface area contributed by atoms with E-state index >= 15 is 0 Å². The van der Waals surface area contributed by atoms with Crippen molar-refractivity contribution >= 4 is 0 Å². The lowest BCUT2D eigenvalue weighted by Crippen LogP contribution is -2.64. The van der Waals surface area contributed by atoms with Crippen molar-refractivity contribution in [1.82, 2.24) is 10.2 Å². The van der Waals surface area contributed by atoms with Gasteiger partial charge in [-0.05, 0) is 62.5 Å². The van der Waals surface area contributed by atoms with Crippen LogP contribution >= 0.6 is 0 Å². The molecule has 3 aliphatic rings. The minimum Gasteiger partial charge on any atom is -0.308 e. The molecule has 3 fully saturated rings. The lowest BCUT2D eigenvalue weighted by Gasteiger charge is -2.47. The van der Waals surface area contributed by atoms with Gasteiger partial charge in [0, 0.05) is 31.2 Å². The van der Waals surface area contributed by atoms with Crippen molar-refractivity contribution in [2.24, 2.45) is 11.8 Å². The van der Waals surface area contributed by atoms with Crippen LogP contribution in [0.3, 0.4) is 0 Å². The highest BCUT2D eigenvalue weighted by atomic mass is 15.3. The maximum absolute atomic E-state index is 3.92. The summed E-state index contributed by atoms with van der Waals surface area (Å²) in [5.74, 6) is 1.86. The van der Waals surface area contributed by atoms with E-state index in [4.69, 9.17) is 0 Å². The zero-order valence-corrected chi connectivity index (χ0v) is 13.4. The summed E-state index contributed by atoms with van der Waals surface area (Å²) in [5, 5.41) is 3.92. The van der Waals surface area contributed by atoms with Gasteiger partial charge in [0.2, 0.25) is 0 Å². The Bertz CT molecular complexity index is 518. The fourth-order valence-electron chi connectivity index (χ4n) is 4.18. The average molecular weight is 284 g/mol. The van der Waals surface area contributed by atoms with Crippen molar-refractivity contribution in [2.45, 2.75) is 57.7 Å². The van der Waals surface area contributed by atoms with Gasteiger partial charge in [0.15, 0.2) is 0 Å². The number of nitrogens with zero attached hydrogens (tertiary/aromatic N) is 1. The third-order valence-electron chi connectivity index (χ3n) is 5.99. The van der Waals surface area contributed by atoms with Crippen LogP contribution in [-0.2, 0) is 6.54 Å². The maximum Gasteiger partial charge on any atom is 0.0309 e. The van der Waals surface area contributed by atoms with Gasteiger partial charge in [-0.2, -0.15) is 0 Å². The second-order valence-corrected chi connectivity index (χ2v) is 7.81. The summed E-state index contributed by atoms with van der Waals surface area (Å²) in [4.78, 5) is 2.80. The lowest BCUT2D eigenvalue weighted by molar-refractivity contribution is 0.0577. The number of aryl methyl sites for hydroxylation is 1. The molecular formula is C19H28N2. The third kappa shape index (κ3) is 2.76. The molecule has 1 aromatic rings. The van der Waals surface area contributed by atoms with Gasteiger partial charge in [0.05, 0.1) is 0 Å². The van der Waals surface area contributed by atoms with Crippen LogP contribution in [0.5, 0.6) is 0 Å². The molecule has 0 spiro atoms. The zero-order valence-electron chi connectivity index (χ0n) is 13.4. The van der Waals surface area contributed by atoms with Crippen LogP contribution < -0.4 is 5.32 Å². The van der Waals surface area contributed by atoms with Crippen LogP contribution in [0.2, 0.25) is 0 Å². The first kappa shape index (κ1) is 13.8. The first-order chi connectivity index (χ1) is 10.2. The molecule has 0 bridgehead atoms. The van der Waals surface area contributed by atoms with Gasteiger partial charge in [0.25, 0.3) is 0 Å². The van der Waals surface area contributed by atoms with E-state index in [-0.39, 0.29) is 0 Å². The molecule has 1 N–H and O–H groups in total. The largest absolute Gasteiger partial charge is 0.308 e. The van der Waals surface area contributed by atoms with Crippen molar-refractivity contribution in [3.05, 3.63) is 35.4 Å². The highest BCUT2D eigenvalue weighted by Gasteiger charge is 2.48. The Kier molecular flexibility index (Phi) is 3.35. The second kappa shape index (κ2) is 5.10. The molecule has 0 aromatic heterocycles. The molecule has 2 atom stereocenters. The third-order valence-corrected chi connectivity index (χ3v) is 5.99. The van der Waals surface area contributed by atoms with Crippen molar-refractivity contribution in [2.75, 3.05) is 13.1 Å². The fourth-order valence-corrected chi connectivity index (χ4v) is 4.18. The Balaban J connectivity index is 1.54. The highest BCUT2D eigenvalue weighted by molar-refractivity contribution is 5.26. The average Bonchev–Trinajstić information content (AvgIpc) is 3.34. The molecule has 2 aliphatic carbocycles. The quantitative estimate of drug-likeness (QED) is 0.912. The van der Waals surface area contributed by atoms with Crippen LogP contribution in [0.4, 0.5) is 0 Å². The summed E-state index contributed by atoms with van der Waals surface area (Å²) < 4.78 is 0. The fraction of sp³-hybridized carbons (Fsp3) is 0.684. The number of hydrogen-bond acceptors (Lipinski definition) is 2. The van der Waals surface area contributed by atoms with Crippen LogP contribution in [0.25, 0.3) is 0 Å².